The molecule has 12 heteroatoms. The number of aryl methyl sites for hydroxylation is 1. The Kier molecular flexibility index (Phi) is 20.6. The van der Waals surface area contributed by atoms with Gasteiger partial charge in [0.2, 0.25) is 18.2 Å². The highest BCUT2D eigenvalue weighted by Crippen LogP contribution is 2.40. The van der Waals surface area contributed by atoms with Gasteiger partial charge in [-0.2, -0.15) is 0 Å². The van der Waals surface area contributed by atoms with Crippen molar-refractivity contribution in [1.82, 2.24) is 28.8 Å². The lowest BCUT2D eigenvalue weighted by Crippen LogP contribution is -2.35. The predicted molar refractivity (Wildman–Crippen MR) is 198 cm³/mol. The molecule has 11 nitrogen and oxygen atoms in total. The van der Waals surface area contributed by atoms with Gasteiger partial charge in [-0.1, -0.05) is 51.3 Å². The Hall–Kier alpha value is -3.25. The molecular formula is C36H62N6O5S. The normalized spacial score (nSPS) is 18.7. The molecule has 2 aliphatic rings. The van der Waals surface area contributed by atoms with Gasteiger partial charge in [-0.05, 0) is 89.8 Å². The summed E-state index contributed by atoms with van der Waals surface area (Å²) in [5.74, 6) is 0.647. The van der Waals surface area contributed by atoms with Crippen molar-refractivity contribution >= 4 is 40.4 Å². The van der Waals surface area contributed by atoms with Crippen LogP contribution < -0.4 is 15.7 Å². The average molecular weight is 691 g/mol. The molecule has 1 aromatic heterocycles. The maximum absolute atomic E-state index is 11.7. The summed E-state index contributed by atoms with van der Waals surface area (Å²) in [6, 6.07) is 6.67. The average Bonchev–Trinajstić information content (AvgIpc) is 3.57. The fourth-order valence-corrected chi connectivity index (χ4v) is 5.79. The number of carbonyl (C=O) groups is 3. The molecule has 1 saturated carbocycles. The van der Waals surface area contributed by atoms with Crippen LogP contribution in [0.25, 0.3) is 11.0 Å². The second-order valence-corrected chi connectivity index (χ2v) is 14.4. The minimum absolute atomic E-state index is 0.0244. The van der Waals surface area contributed by atoms with Crippen LogP contribution in [-0.4, -0.2) is 74.9 Å². The lowest BCUT2D eigenvalue weighted by atomic mass is 10.2. The summed E-state index contributed by atoms with van der Waals surface area (Å²) in [4.78, 5) is 48.8. The summed E-state index contributed by atoms with van der Waals surface area (Å²) in [6.07, 6.45) is 16.0. The SMILES string of the molecule is CCCCC(=O)N1CCCC1C.CCCCC/C=C\C1CC1C(=O)NS(=O)N(C)C.CNC=O.Cc1ccc2[nH]c(=O)n(C(C)C)c2c1. The van der Waals surface area contributed by atoms with E-state index in [0.717, 1.165) is 49.7 Å². The molecule has 48 heavy (non-hydrogen) atoms. The van der Waals surface area contributed by atoms with E-state index in [1.807, 2.05) is 43.9 Å². The number of likely N-dealkylation sites (tertiary alicyclic amines) is 1. The van der Waals surface area contributed by atoms with Crippen molar-refractivity contribution in [2.75, 3.05) is 27.7 Å². The Labute approximate surface area is 291 Å². The quantitative estimate of drug-likeness (QED) is 0.139. The molecule has 4 atom stereocenters. The number of aromatic amines is 1. The highest BCUT2D eigenvalue weighted by Gasteiger charge is 2.41. The molecule has 1 aromatic carbocycles. The van der Waals surface area contributed by atoms with Crippen LogP contribution in [0.4, 0.5) is 0 Å². The lowest BCUT2D eigenvalue weighted by molar-refractivity contribution is -0.131. The van der Waals surface area contributed by atoms with Crippen molar-refractivity contribution in [3.63, 3.8) is 0 Å². The molecule has 1 saturated heterocycles. The van der Waals surface area contributed by atoms with Crippen molar-refractivity contribution in [2.45, 2.75) is 118 Å². The van der Waals surface area contributed by atoms with Crippen LogP contribution >= 0.6 is 0 Å². The Bertz CT molecular complexity index is 1370. The molecule has 2 fully saturated rings. The van der Waals surface area contributed by atoms with Crippen molar-refractivity contribution in [3.8, 4) is 0 Å². The summed E-state index contributed by atoms with van der Waals surface area (Å²) in [5.41, 5.74) is 3.05. The van der Waals surface area contributed by atoms with Crippen molar-refractivity contribution in [1.29, 1.82) is 0 Å². The zero-order valence-electron chi connectivity index (χ0n) is 30.8. The molecule has 3 amide bonds. The second kappa shape index (κ2) is 23.2. The third-order valence-electron chi connectivity index (χ3n) is 8.18. The first-order chi connectivity index (χ1) is 22.8. The van der Waals surface area contributed by atoms with E-state index in [9.17, 15) is 18.6 Å². The monoisotopic (exact) mass is 690 g/mol. The van der Waals surface area contributed by atoms with E-state index >= 15 is 0 Å². The summed E-state index contributed by atoms with van der Waals surface area (Å²) in [7, 11) is 4.91. The molecule has 2 aromatic rings. The van der Waals surface area contributed by atoms with Crippen molar-refractivity contribution in [2.24, 2.45) is 11.8 Å². The molecule has 0 radical (unpaired) electrons. The van der Waals surface area contributed by atoms with Crippen LogP contribution in [0.2, 0.25) is 0 Å². The van der Waals surface area contributed by atoms with E-state index in [1.54, 1.807) is 25.7 Å². The summed E-state index contributed by atoms with van der Waals surface area (Å²) in [5, 5.41) is 2.25. The largest absolute Gasteiger partial charge is 0.362 e. The highest BCUT2D eigenvalue weighted by atomic mass is 32.2. The highest BCUT2D eigenvalue weighted by molar-refractivity contribution is 7.81. The Morgan fingerprint density at radius 3 is 2.35 bits per heavy atom. The van der Waals surface area contributed by atoms with Gasteiger partial charge in [0.15, 0.2) is 11.2 Å². The van der Waals surface area contributed by atoms with Gasteiger partial charge >= 0.3 is 5.69 Å². The van der Waals surface area contributed by atoms with Gasteiger partial charge in [-0.15, -0.1) is 0 Å². The zero-order chi connectivity index (χ0) is 36.2. The summed E-state index contributed by atoms with van der Waals surface area (Å²) < 4.78 is 17.2. The van der Waals surface area contributed by atoms with Crippen LogP contribution in [0, 0.1) is 18.8 Å². The first kappa shape index (κ1) is 42.8. The Balaban J connectivity index is 0.000000346. The first-order valence-electron chi connectivity index (χ1n) is 17.5. The van der Waals surface area contributed by atoms with Crippen molar-refractivity contribution < 1.29 is 18.6 Å². The number of amides is 3. The van der Waals surface area contributed by atoms with Gasteiger partial charge in [0, 0.05) is 52.1 Å². The number of carbonyl (C=O) groups excluding carboxylic acids is 3. The predicted octanol–water partition coefficient (Wildman–Crippen LogP) is 5.78. The minimum atomic E-state index is -1.40. The molecular weight excluding hydrogens is 628 g/mol. The molecule has 3 N–H and O–H groups in total. The molecule has 2 heterocycles. The van der Waals surface area contributed by atoms with Crippen LogP contribution in [0.1, 0.15) is 110 Å². The fraction of sp³-hybridized carbons (Fsp3) is 0.667. The number of fused-ring (bicyclic) bond motifs is 1. The van der Waals surface area contributed by atoms with E-state index < -0.39 is 11.2 Å². The summed E-state index contributed by atoms with van der Waals surface area (Å²) in [6.45, 7) is 13.5. The smallest absolute Gasteiger partial charge is 0.326 e. The molecule has 272 valence electrons. The molecule has 1 aliphatic heterocycles. The van der Waals surface area contributed by atoms with Crippen LogP contribution in [-0.2, 0) is 25.6 Å². The number of benzene rings is 1. The number of H-pyrrole nitrogens is 1. The van der Waals surface area contributed by atoms with E-state index in [2.05, 4.69) is 47.9 Å². The molecule has 4 unspecified atom stereocenters. The number of hydrogen-bond acceptors (Lipinski definition) is 5. The van der Waals surface area contributed by atoms with Gasteiger partial charge < -0.3 is 15.2 Å². The van der Waals surface area contributed by atoms with Crippen LogP contribution in [0.3, 0.4) is 0 Å². The Morgan fingerprint density at radius 2 is 1.81 bits per heavy atom. The minimum Gasteiger partial charge on any atom is -0.362 e. The van der Waals surface area contributed by atoms with Crippen LogP contribution in [0.5, 0.6) is 0 Å². The van der Waals surface area contributed by atoms with E-state index in [4.69, 9.17) is 4.79 Å². The lowest BCUT2D eigenvalue weighted by Gasteiger charge is -2.21. The molecule has 4 rings (SSSR count). The standard InChI is InChI=1S/C13H24N2O2S.C11H14N2O.C10H19NO.C2H5NO/c1-4-5-6-7-8-9-11-10-12(11)13(16)14-18(17)15(2)3;1-7(2)13-10-6-8(3)4-5-9(10)12-11(13)14;1-3-4-7-10(12)11-8-5-6-9(11)2;1-3-2-4/h8-9,11-12H,4-7,10H2,1-3H3,(H,14,16);4-7H,1-3H3,(H,12,14);9H,3-8H2,1-2H3;2H,1H3,(H,3,4)/b9-8-;;;. The molecule has 0 bridgehead atoms. The number of unbranched alkanes of at least 4 members (excludes halogenated alkanes) is 4. The third-order valence-corrected chi connectivity index (χ3v) is 9.22. The number of allylic oxidation sites excluding steroid dienone is 2. The van der Waals surface area contributed by atoms with Gasteiger partial charge in [0.05, 0.1) is 11.0 Å². The maximum atomic E-state index is 11.7. The van der Waals surface area contributed by atoms with Gasteiger partial charge in [0.25, 0.3) is 0 Å². The van der Waals surface area contributed by atoms with Gasteiger partial charge in [-0.25, -0.2) is 13.3 Å². The van der Waals surface area contributed by atoms with E-state index in [0.29, 0.717) is 24.3 Å². The maximum Gasteiger partial charge on any atom is 0.326 e. The van der Waals surface area contributed by atoms with Crippen LogP contribution in [0.15, 0.2) is 35.1 Å². The number of hydrogen-bond donors (Lipinski definition) is 3. The van der Waals surface area contributed by atoms with Gasteiger partial charge in [0.1, 0.15) is 0 Å². The van der Waals surface area contributed by atoms with E-state index in [1.165, 1.54) is 42.0 Å². The number of imidazole rings is 1. The fourth-order valence-electron chi connectivity index (χ4n) is 5.28. The molecule has 1 aliphatic carbocycles. The van der Waals surface area contributed by atoms with Crippen molar-refractivity contribution in [3.05, 3.63) is 46.4 Å². The molecule has 0 spiro atoms. The topological polar surface area (TPSA) is 137 Å². The van der Waals surface area contributed by atoms with Gasteiger partial charge in [-0.3, -0.25) is 23.7 Å². The number of rotatable bonds is 13. The number of aromatic nitrogens is 2. The second-order valence-electron chi connectivity index (χ2n) is 13.0. The first-order valence-corrected chi connectivity index (χ1v) is 18.6. The Morgan fingerprint density at radius 1 is 1.15 bits per heavy atom. The number of nitrogens with zero attached hydrogens (tertiary/aromatic N) is 3. The zero-order valence-corrected chi connectivity index (χ0v) is 31.7. The third kappa shape index (κ3) is 15.3. The number of nitrogens with one attached hydrogen (secondary N) is 3. The van der Waals surface area contributed by atoms with E-state index in [-0.39, 0.29) is 23.6 Å². The summed E-state index contributed by atoms with van der Waals surface area (Å²) >= 11 is -1.40.